The summed E-state index contributed by atoms with van der Waals surface area (Å²) in [6, 6.07) is 3.16. The zero-order chi connectivity index (χ0) is 21.1. The molecule has 0 aromatic carbocycles. The lowest BCUT2D eigenvalue weighted by Gasteiger charge is -2.23. The van der Waals surface area contributed by atoms with E-state index in [9.17, 15) is 9.59 Å². The maximum absolute atomic E-state index is 11.2. The van der Waals surface area contributed by atoms with Gasteiger partial charge >= 0.3 is 12.1 Å². The second-order valence-corrected chi connectivity index (χ2v) is 7.26. The lowest BCUT2D eigenvalue weighted by atomic mass is 10.1. The smallest absolute Gasteiger partial charge is 0.405 e. The second kappa shape index (κ2) is 12.2. The Balaban J connectivity index is 1.77. The minimum absolute atomic E-state index is 0.212. The van der Waals surface area contributed by atoms with Gasteiger partial charge in [0, 0.05) is 32.4 Å². The number of nitrogens with zero attached hydrogens (tertiary/aromatic N) is 2. The average Bonchev–Trinajstić information content (AvgIpc) is 2.70. The number of aryl methyl sites for hydroxylation is 2. The Bertz CT molecular complexity index is 670. The summed E-state index contributed by atoms with van der Waals surface area (Å²) in [4.78, 5) is 28.8. The van der Waals surface area contributed by atoms with Crippen LogP contribution in [0.3, 0.4) is 0 Å². The molecule has 2 heterocycles. The normalized spacial score (nSPS) is 14.1. The largest absolute Gasteiger partial charge is 0.480 e. The molecule has 1 atom stereocenters. The number of fused-ring (bicyclic) bond motifs is 1. The second-order valence-electron chi connectivity index (χ2n) is 7.26. The standard InChI is InChI=1S/C20H32N4O5/c1-29-14-13-24(12-9-17(19(25)26)23-20(27)28)11-3-2-6-16-8-7-15-5-4-10-21-18(15)22-16/h7-8,17,23H,2-6,9-14H2,1H3,(H,21,22)(H,25,26)(H,27,28). The van der Waals surface area contributed by atoms with Crippen LogP contribution in [0.15, 0.2) is 12.1 Å². The van der Waals surface area contributed by atoms with Crippen molar-refractivity contribution in [2.75, 3.05) is 45.2 Å². The van der Waals surface area contributed by atoms with E-state index in [1.807, 2.05) is 5.32 Å². The highest BCUT2D eigenvalue weighted by atomic mass is 16.5. The molecule has 2 rings (SSSR count). The molecule has 9 nitrogen and oxygen atoms in total. The molecule has 1 aliphatic heterocycles. The Kier molecular flexibility index (Phi) is 9.66. The summed E-state index contributed by atoms with van der Waals surface area (Å²) in [5, 5.41) is 23.3. The van der Waals surface area contributed by atoms with Crippen LogP contribution in [0.4, 0.5) is 10.6 Å². The molecule has 1 aromatic heterocycles. The molecule has 4 N–H and O–H groups in total. The third kappa shape index (κ3) is 8.25. The number of anilines is 1. The first-order chi connectivity index (χ1) is 14.0. The van der Waals surface area contributed by atoms with Crippen molar-refractivity contribution in [1.82, 2.24) is 15.2 Å². The summed E-state index contributed by atoms with van der Waals surface area (Å²) in [5.41, 5.74) is 2.37. The lowest BCUT2D eigenvalue weighted by Crippen LogP contribution is -2.43. The van der Waals surface area contributed by atoms with Gasteiger partial charge in [-0.1, -0.05) is 6.07 Å². The van der Waals surface area contributed by atoms with E-state index in [1.165, 1.54) is 5.56 Å². The molecule has 29 heavy (non-hydrogen) atoms. The fourth-order valence-electron chi connectivity index (χ4n) is 3.42. The van der Waals surface area contributed by atoms with Gasteiger partial charge in [-0.2, -0.15) is 0 Å². The van der Waals surface area contributed by atoms with Crippen molar-refractivity contribution < 1.29 is 24.5 Å². The summed E-state index contributed by atoms with van der Waals surface area (Å²) in [7, 11) is 1.63. The Morgan fingerprint density at radius 3 is 2.83 bits per heavy atom. The van der Waals surface area contributed by atoms with E-state index in [-0.39, 0.29) is 6.42 Å². The number of rotatable bonds is 13. The molecule has 9 heteroatoms. The van der Waals surface area contributed by atoms with Gasteiger partial charge in [-0.3, -0.25) is 0 Å². The Morgan fingerprint density at radius 2 is 2.10 bits per heavy atom. The van der Waals surface area contributed by atoms with Crippen LogP contribution in [-0.4, -0.2) is 78.1 Å². The fraction of sp³-hybridized carbons (Fsp3) is 0.650. The number of methoxy groups -OCH3 is 1. The van der Waals surface area contributed by atoms with Gasteiger partial charge in [0.1, 0.15) is 11.9 Å². The van der Waals surface area contributed by atoms with Crippen LogP contribution in [0.2, 0.25) is 0 Å². The van der Waals surface area contributed by atoms with Gasteiger partial charge < -0.3 is 30.5 Å². The Morgan fingerprint density at radius 1 is 1.28 bits per heavy atom. The highest BCUT2D eigenvalue weighted by Gasteiger charge is 2.20. The molecule has 1 aromatic rings. The van der Waals surface area contributed by atoms with E-state index in [0.29, 0.717) is 19.7 Å². The van der Waals surface area contributed by atoms with Crippen molar-refractivity contribution in [1.29, 1.82) is 0 Å². The highest BCUT2D eigenvalue weighted by molar-refractivity contribution is 5.79. The van der Waals surface area contributed by atoms with Gasteiger partial charge in [0.05, 0.1) is 6.61 Å². The molecule has 0 aliphatic carbocycles. The summed E-state index contributed by atoms with van der Waals surface area (Å²) in [6.07, 6.45) is 3.93. The third-order valence-corrected chi connectivity index (χ3v) is 5.05. The van der Waals surface area contributed by atoms with Gasteiger partial charge in [0.2, 0.25) is 0 Å². The van der Waals surface area contributed by atoms with Crippen LogP contribution in [0.25, 0.3) is 0 Å². The molecule has 1 unspecified atom stereocenters. The molecule has 0 saturated heterocycles. The van der Waals surface area contributed by atoms with Crippen molar-refractivity contribution in [3.8, 4) is 0 Å². The summed E-state index contributed by atoms with van der Waals surface area (Å²) < 4.78 is 5.13. The monoisotopic (exact) mass is 408 g/mol. The van der Waals surface area contributed by atoms with Crippen molar-refractivity contribution in [3.63, 3.8) is 0 Å². The van der Waals surface area contributed by atoms with Gasteiger partial charge in [0.15, 0.2) is 0 Å². The first-order valence-corrected chi connectivity index (χ1v) is 10.2. The van der Waals surface area contributed by atoms with Crippen molar-refractivity contribution >= 4 is 17.9 Å². The number of hydrogen-bond acceptors (Lipinski definition) is 6. The lowest BCUT2D eigenvalue weighted by molar-refractivity contribution is -0.139. The van der Waals surface area contributed by atoms with Crippen molar-refractivity contribution in [2.24, 2.45) is 0 Å². The minimum atomic E-state index is -1.33. The van der Waals surface area contributed by atoms with Gasteiger partial charge in [-0.15, -0.1) is 0 Å². The van der Waals surface area contributed by atoms with E-state index in [2.05, 4.69) is 22.3 Å². The van der Waals surface area contributed by atoms with Crippen LogP contribution in [0, 0.1) is 0 Å². The summed E-state index contributed by atoms with van der Waals surface area (Å²) in [6.45, 7) is 3.48. The van der Waals surface area contributed by atoms with Gasteiger partial charge in [-0.05, 0) is 56.7 Å². The Hall–Kier alpha value is -2.39. The predicted molar refractivity (Wildman–Crippen MR) is 110 cm³/mol. The molecular weight excluding hydrogens is 376 g/mol. The number of hydrogen-bond donors (Lipinski definition) is 4. The van der Waals surface area contributed by atoms with Crippen LogP contribution in [-0.2, 0) is 22.4 Å². The number of unbranched alkanes of at least 4 members (excludes halogenated alkanes) is 1. The van der Waals surface area contributed by atoms with E-state index in [1.54, 1.807) is 7.11 Å². The van der Waals surface area contributed by atoms with E-state index < -0.39 is 18.1 Å². The van der Waals surface area contributed by atoms with Gasteiger partial charge in [0.25, 0.3) is 0 Å². The molecule has 0 bridgehead atoms. The number of carboxylic acids is 1. The van der Waals surface area contributed by atoms with E-state index >= 15 is 0 Å². The number of aromatic nitrogens is 1. The number of carbonyl (C=O) groups is 2. The number of aliphatic carboxylic acids is 1. The summed E-state index contributed by atoms with van der Waals surface area (Å²) in [5.74, 6) is -0.146. The zero-order valence-corrected chi connectivity index (χ0v) is 17.0. The molecule has 162 valence electrons. The van der Waals surface area contributed by atoms with Crippen LogP contribution < -0.4 is 10.6 Å². The highest BCUT2D eigenvalue weighted by Crippen LogP contribution is 2.20. The first-order valence-electron chi connectivity index (χ1n) is 10.2. The number of ether oxygens (including phenoxy) is 1. The van der Waals surface area contributed by atoms with Crippen molar-refractivity contribution in [3.05, 3.63) is 23.4 Å². The number of pyridine rings is 1. The molecule has 1 aliphatic rings. The summed E-state index contributed by atoms with van der Waals surface area (Å²) >= 11 is 0. The molecular formula is C20H32N4O5. The quantitative estimate of drug-likeness (QED) is 0.364. The van der Waals surface area contributed by atoms with Crippen molar-refractivity contribution in [2.45, 2.75) is 44.6 Å². The maximum atomic E-state index is 11.2. The first kappa shape index (κ1) is 22.9. The van der Waals surface area contributed by atoms with Crippen LogP contribution in [0.5, 0.6) is 0 Å². The molecule has 0 radical (unpaired) electrons. The fourth-order valence-corrected chi connectivity index (χ4v) is 3.42. The third-order valence-electron chi connectivity index (χ3n) is 5.05. The van der Waals surface area contributed by atoms with E-state index in [0.717, 1.165) is 56.7 Å². The average molecular weight is 408 g/mol. The zero-order valence-electron chi connectivity index (χ0n) is 17.0. The number of carboxylic acid groups (broad SMARTS) is 2. The topological polar surface area (TPSA) is 124 Å². The maximum Gasteiger partial charge on any atom is 0.405 e. The SMILES string of the molecule is COCCN(CCCCc1ccc2c(n1)NCCC2)CCC(NC(=O)O)C(=O)O. The minimum Gasteiger partial charge on any atom is -0.480 e. The van der Waals surface area contributed by atoms with E-state index in [4.69, 9.17) is 19.9 Å². The Labute approximate surface area is 171 Å². The number of nitrogens with one attached hydrogen (secondary N) is 2. The molecule has 0 saturated carbocycles. The molecule has 0 fully saturated rings. The molecule has 1 amide bonds. The number of amides is 1. The van der Waals surface area contributed by atoms with Crippen LogP contribution in [0.1, 0.15) is 36.9 Å². The van der Waals surface area contributed by atoms with Crippen LogP contribution >= 0.6 is 0 Å². The molecule has 0 spiro atoms. The predicted octanol–water partition coefficient (Wildman–Crippen LogP) is 1.82. The van der Waals surface area contributed by atoms with Gasteiger partial charge in [-0.25, -0.2) is 14.6 Å².